The van der Waals surface area contributed by atoms with Crippen molar-refractivity contribution in [1.82, 2.24) is 0 Å². The van der Waals surface area contributed by atoms with Crippen molar-refractivity contribution in [3.63, 3.8) is 0 Å². The van der Waals surface area contributed by atoms with E-state index in [1.54, 1.807) is 12.1 Å². The van der Waals surface area contributed by atoms with Gasteiger partial charge in [-0.05, 0) is 36.2 Å². The molecule has 0 unspecified atom stereocenters. The number of hydrogen-bond acceptors (Lipinski definition) is 3. The lowest BCUT2D eigenvalue weighted by Gasteiger charge is -2.04. The smallest absolute Gasteiger partial charge is 0.337 e. The zero-order valence-corrected chi connectivity index (χ0v) is 12.7. The summed E-state index contributed by atoms with van der Waals surface area (Å²) in [6, 6.07) is 17.2. The quantitative estimate of drug-likeness (QED) is 0.451. The van der Waals surface area contributed by atoms with Gasteiger partial charge in [-0.2, -0.15) is 0 Å². The molecule has 0 N–H and O–H groups in total. The predicted octanol–water partition coefficient (Wildman–Crippen LogP) is 4.36. The Hall–Kier alpha value is -2.68. The second kappa shape index (κ2) is 7.93. The molecule has 0 saturated carbocycles. The average molecular weight is 293 g/mol. The molecule has 0 aliphatic heterocycles. The Morgan fingerprint density at radius 1 is 1.14 bits per heavy atom. The minimum absolute atomic E-state index is 0.319. The van der Waals surface area contributed by atoms with Crippen LogP contribution >= 0.6 is 0 Å². The molecule has 0 saturated heterocycles. The third-order valence-corrected chi connectivity index (χ3v) is 3.21. The Kier molecular flexibility index (Phi) is 5.66. The maximum atomic E-state index is 11.4. The Labute approximate surface area is 131 Å². The van der Waals surface area contributed by atoms with E-state index < -0.39 is 0 Å². The number of hydrogen-bond donors (Lipinski definition) is 0. The number of carbonyl (C=O) groups excluding carboxylic acids is 1. The first-order valence-electron chi connectivity index (χ1n) is 7.10. The van der Waals surface area contributed by atoms with Crippen LogP contribution in [0.25, 0.3) is 0 Å². The molecule has 2 aromatic rings. The first-order valence-corrected chi connectivity index (χ1v) is 7.10. The molecule has 0 fully saturated rings. The van der Waals surface area contributed by atoms with E-state index in [9.17, 15) is 4.79 Å². The number of aliphatic imine (C=N–C) groups is 1. The van der Waals surface area contributed by atoms with Crippen molar-refractivity contribution in [2.24, 2.45) is 4.99 Å². The van der Waals surface area contributed by atoms with E-state index in [1.807, 2.05) is 48.7 Å². The van der Waals surface area contributed by atoms with E-state index in [1.165, 1.54) is 7.11 Å². The highest BCUT2D eigenvalue weighted by Gasteiger charge is 2.04. The van der Waals surface area contributed by atoms with Gasteiger partial charge in [0.25, 0.3) is 0 Å². The molecule has 0 heterocycles. The minimum Gasteiger partial charge on any atom is -0.465 e. The second-order valence-electron chi connectivity index (χ2n) is 4.97. The van der Waals surface area contributed by atoms with E-state index in [0.717, 1.165) is 29.7 Å². The van der Waals surface area contributed by atoms with Crippen LogP contribution in [-0.2, 0) is 11.2 Å². The van der Waals surface area contributed by atoms with Crippen LogP contribution in [0.5, 0.6) is 0 Å². The Morgan fingerprint density at radius 2 is 1.82 bits per heavy atom. The highest BCUT2D eigenvalue weighted by Crippen LogP contribution is 2.13. The molecular weight excluding hydrogens is 274 g/mol. The van der Waals surface area contributed by atoms with Gasteiger partial charge in [0.1, 0.15) is 0 Å². The third kappa shape index (κ3) is 4.70. The zero-order valence-electron chi connectivity index (χ0n) is 12.7. The van der Waals surface area contributed by atoms with E-state index in [0.29, 0.717) is 5.56 Å². The summed E-state index contributed by atoms with van der Waals surface area (Å²) in [5, 5.41) is 0. The molecule has 2 aromatic carbocycles. The fourth-order valence-electron chi connectivity index (χ4n) is 2.03. The van der Waals surface area contributed by atoms with Gasteiger partial charge in [0.2, 0.25) is 0 Å². The second-order valence-corrected chi connectivity index (χ2v) is 4.97. The molecule has 22 heavy (non-hydrogen) atoms. The number of ether oxygens (including phenoxy) is 1. The minimum atomic E-state index is -0.319. The summed E-state index contributed by atoms with van der Waals surface area (Å²) in [7, 11) is 1.38. The first-order chi connectivity index (χ1) is 10.7. The maximum absolute atomic E-state index is 11.4. The first kappa shape index (κ1) is 15.7. The number of allylic oxidation sites excluding steroid dienone is 1. The standard InChI is InChI=1S/C19H19NO2/c1-15(12-13-20-18-6-4-3-5-7-18)14-16-8-10-17(11-9-16)19(21)22-2/h3-11,13H,1,12,14H2,2H3. The van der Waals surface area contributed by atoms with Gasteiger partial charge in [-0.3, -0.25) is 4.99 Å². The fraction of sp³-hybridized carbons (Fsp3) is 0.158. The summed E-state index contributed by atoms with van der Waals surface area (Å²) in [6.07, 6.45) is 3.37. The topological polar surface area (TPSA) is 38.7 Å². The van der Waals surface area contributed by atoms with Gasteiger partial charge in [-0.25, -0.2) is 4.79 Å². The van der Waals surface area contributed by atoms with Crippen molar-refractivity contribution >= 4 is 17.9 Å². The van der Waals surface area contributed by atoms with Gasteiger partial charge in [0.05, 0.1) is 18.4 Å². The molecule has 0 spiro atoms. The Morgan fingerprint density at radius 3 is 2.45 bits per heavy atom. The molecule has 112 valence electrons. The van der Waals surface area contributed by atoms with Crippen LogP contribution in [-0.4, -0.2) is 19.3 Å². The van der Waals surface area contributed by atoms with Crippen molar-refractivity contribution in [1.29, 1.82) is 0 Å². The molecule has 0 aliphatic carbocycles. The van der Waals surface area contributed by atoms with E-state index >= 15 is 0 Å². The zero-order chi connectivity index (χ0) is 15.8. The number of nitrogens with zero attached hydrogens (tertiary/aromatic N) is 1. The number of methoxy groups -OCH3 is 1. The van der Waals surface area contributed by atoms with Gasteiger partial charge in [-0.1, -0.05) is 42.5 Å². The molecule has 0 atom stereocenters. The molecule has 3 heteroatoms. The van der Waals surface area contributed by atoms with Crippen molar-refractivity contribution in [3.05, 3.63) is 77.9 Å². The molecule has 2 rings (SSSR count). The predicted molar refractivity (Wildman–Crippen MR) is 89.8 cm³/mol. The normalized spacial score (nSPS) is 10.6. The maximum Gasteiger partial charge on any atom is 0.337 e. The molecule has 0 aliphatic rings. The largest absolute Gasteiger partial charge is 0.465 e. The van der Waals surface area contributed by atoms with Crippen LogP contribution in [0.4, 0.5) is 5.69 Å². The lowest BCUT2D eigenvalue weighted by atomic mass is 10.0. The van der Waals surface area contributed by atoms with Crippen molar-refractivity contribution in [2.45, 2.75) is 12.8 Å². The van der Waals surface area contributed by atoms with E-state index in [-0.39, 0.29) is 5.97 Å². The number of carbonyl (C=O) groups is 1. The summed E-state index contributed by atoms with van der Waals surface area (Å²) in [4.78, 5) is 15.8. The van der Waals surface area contributed by atoms with Crippen molar-refractivity contribution in [2.75, 3.05) is 7.11 Å². The lowest BCUT2D eigenvalue weighted by molar-refractivity contribution is 0.0600. The monoisotopic (exact) mass is 293 g/mol. The summed E-state index contributed by atoms with van der Waals surface area (Å²) in [5.41, 5.74) is 3.69. The van der Waals surface area contributed by atoms with Crippen LogP contribution in [0.3, 0.4) is 0 Å². The van der Waals surface area contributed by atoms with E-state index in [4.69, 9.17) is 0 Å². The van der Waals surface area contributed by atoms with Crippen LogP contribution < -0.4 is 0 Å². The molecule has 0 bridgehead atoms. The number of rotatable bonds is 6. The average Bonchev–Trinajstić information content (AvgIpc) is 2.56. The highest BCUT2D eigenvalue weighted by molar-refractivity contribution is 5.89. The van der Waals surface area contributed by atoms with Gasteiger partial charge in [-0.15, -0.1) is 0 Å². The number of para-hydroxylation sites is 1. The molecule has 0 aromatic heterocycles. The third-order valence-electron chi connectivity index (χ3n) is 3.21. The van der Waals surface area contributed by atoms with Crippen LogP contribution in [0.15, 0.2) is 71.7 Å². The van der Waals surface area contributed by atoms with Gasteiger partial charge < -0.3 is 4.74 Å². The van der Waals surface area contributed by atoms with Crippen LogP contribution in [0.2, 0.25) is 0 Å². The summed E-state index contributed by atoms with van der Waals surface area (Å²) in [6.45, 7) is 4.07. The Bertz CT molecular complexity index is 658. The number of benzene rings is 2. The van der Waals surface area contributed by atoms with Gasteiger partial charge in [0, 0.05) is 12.6 Å². The molecule has 0 amide bonds. The highest BCUT2D eigenvalue weighted by atomic mass is 16.5. The van der Waals surface area contributed by atoms with Crippen molar-refractivity contribution in [3.8, 4) is 0 Å². The van der Waals surface area contributed by atoms with Crippen LogP contribution in [0, 0.1) is 0 Å². The van der Waals surface area contributed by atoms with Gasteiger partial charge >= 0.3 is 5.97 Å². The lowest BCUT2D eigenvalue weighted by Crippen LogP contribution is -2.01. The summed E-state index contributed by atoms with van der Waals surface area (Å²) < 4.78 is 4.68. The summed E-state index contributed by atoms with van der Waals surface area (Å²) >= 11 is 0. The van der Waals surface area contributed by atoms with Crippen LogP contribution in [0.1, 0.15) is 22.3 Å². The molecule has 0 radical (unpaired) electrons. The Balaban J connectivity index is 1.87. The fourth-order valence-corrected chi connectivity index (χ4v) is 2.03. The van der Waals surface area contributed by atoms with E-state index in [2.05, 4.69) is 16.3 Å². The molecular formula is C19H19NO2. The SMILES string of the molecule is C=C(CC=Nc1ccccc1)Cc1ccc(C(=O)OC)cc1. The van der Waals surface area contributed by atoms with Gasteiger partial charge in [0.15, 0.2) is 0 Å². The molecule has 3 nitrogen and oxygen atoms in total. The number of esters is 1. The van der Waals surface area contributed by atoms with Crippen molar-refractivity contribution < 1.29 is 9.53 Å². The summed E-state index contributed by atoms with van der Waals surface area (Å²) in [5.74, 6) is -0.319.